The van der Waals surface area contributed by atoms with E-state index >= 15 is 0 Å². The predicted octanol–water partition coefficient (Wildman–Crippen LogP) is 3.75. The summed E-state index contributed by atoms with van der Waals surface area (Å²) in [5.41, 5.74) is 0.865. The molecule has 0 saturated carbocycles. The average molecular weight is 410 g/mol. The molecule has 2 rings (SSSR count). The topological polar surface area (TPSA) is 73.9 Å². The Morgan fingerprint density at radius 2 is 1.75 bits per heavy atom. The molecule has 0 fully saturated rings. The smallest absolute Gasteiger partial charge is 0.338 e. The number of hydrogen-bond acceptors (Lipinski definition) is 5. The van der Waals surface area contributed by atoms with Crippen molar-refractivity contribution in [2.45, 2.75) is 20.4 Å². The molecule has 1 amide bonds. The molecule has 2 aromatic rings. The SMILES string of the molecule is CCOc1ccc(C(=O)OCC(=O)NCc2ccc(F)c(Cl)c2)cc1OCC. The van der Waals surface area contributed by atoms with Crippen LogP contribution in [0.3, 0.4) is 0 Å². The second-order valence-electron chi connectivity index (χ2n) is 5.63. The number of ether oxygens (including phenoxy) is 3. The van der Waals surface area contributed by atoms with Gasteiger partial charge in [-0.3, -0.25) is 4.79 Å². The van der Waals surface area contributed by atoms with Crippen molar-refractivity contribution in [3.63, 3.8) is 0 Å². The van der Waals surface area contributed by atoms with Crippen molar-refractivity contribution in [3.05, 3.63) is 58.4 Å². The zero-order valence-electron chi connectivity index (χ0n) is 15.6. The zero-order valence-corrected chi connectivity index (χ0v) is 16.3. The van der Waals surface area contributed by atoms with Crippen LogP contribution in [0.25, 0.3) is 0 Å². The molecule has 1 N–H and O–H groups in total. The third kappa shape index (κ3) is 6.13. The van der Waals surface area contributed by atoms with Crippen molar-refractivity contribution >= 4 is 23.5 Å². The van der Waals surface area contributed by atoms with Crippen LogP contribution in [0.4, 0.5) is 4.39 Å². The summed E-state index contributed by atoms with van der Waals surface area (Å²) in [5.74, 6) is -0.741. The first kappa shape index (κ1) is 21.5. The van der Waals surface area contributed by atoms with E-state index in [1.807, 2.05) is 13.8 Å². The fourth-order valence-corrected chi connectivity index (χ4v) is 2.50. The summed E-state index contributed by atoms with van der Waals surface area (Å²) in [7, 11) is 0. The lowest BCUT2D eigenvalue weighted by molar-refractivity contribution is -0.124. The summed E-state index contributed by atoms with van der Waals surface area (Å²) in [6, 6.07) is 8.79. The van der Waals surface area contributed by atoms with Crippen molar-refractivity contribution in [1.29, 1.82) is 0 Å². The highest BCUT2D eigenvalue weighted by Crippen LogP contribution is 2.28. The van der Waals surface area contributed by atoms with E-state index < -0.39 is 24.3 Å². The fourth-order valence-electron chi connectivity index (χ4n) is 2.29. The molecular formula is C20H21ClFNO5. The van der Waals surface area contributed by atoms with E-state index in [0.29, 0.717) is 30.3 Å². The number of hydrogen-bond donors (Lipinski definition) is 1. The molecule has 0 bridgehead atoms. The van der Waals surface area contributed by atoms with Gasteiger partial charge in [-0.05, 0) is 49.7 Å². The number of carbonyl (C=O) groups excluding carboxylic acids is 2. The van der Waals surface area contributed by atoms with Gasteiger partial charge in [0, 0.05) is 6.54 Å². The summed E-state index contributed by atoms with van der Waals surface area (Å²) in [6.45, 7) is 4.21. The number of nitrogens with one attached hydrogen (secondary N) is 1. The Morgan fingerprint density at radius 1 is 1.04 bits per heavy atom. The predicted molar refractivity (Wildman–Crippen MR) is 102 cm³/mol. The second-order valence-corrected chi connectivity index (χ2v) is 6.04. The molecule has 0 aliphatic carbocycles. The fraction of sp³-hybridized carbons (Fsp3) is 0.300. The highest BCUT2D eigenvalue weighted by Gasteiger charge is 2.14. The summed E-state index contributed by atoms with van der Waals surface area (Å²) >= 11 is 5.69. The van der Waals surface area contributed by atoms with Crippen LogP contribution in [0.15, 0.2) is 36.4 Å². The Labute approximate surface area is 167 Å². The molecule has 150 valence electrons. The monoisotopic (exact) mass is 409 g/mol. The summed E-state index contributed by atoms with van der Waals surface area (Å²) in [5, 5.41) is 2.54. The van der Waals surface area contributed by atoms with Gasteiger partial charge in [0.2, 0.25) is 0 Å². The van der Waals surface area contributed by atoms with E-state index in [4.69, 9.17) is 25.8 Å². The molecule has 0 unspecified atom stereocenters. The van der Waals surface area contributed by atoms with Gasteiger partial charge < -0.3 is 19.5 Å². The van der Waals surface area contributed by atoms with E-state index in [9.17, 15) is 14.0 Å². The van der Waals surface area contributed by atoms with E-state index in [1.165, 1.54) is 30.3 Å². The lowest BCUT2D eigenvalue weighted by Crippen LogP contribution is -2.28. The lowest BCUT2D eigenvalue weighted by Gasteiger charge is -2.12. The molecular weight excluding hydrogens is 389 g/mol. The maximum atomic E-state index is 13.1. The van der Waals surface area contributed by atoms with E-state index in [2.05, 4.69) is 5.32 Å². The maximum absolute atomic E-state index is 13.1. The summed E-state index contributed by atoms with van der Waals surface area (Å²) in [4.78, 5) is 24.0. The molecule has 8 heteroatoms. The van der Waals surface area contributed by atoms with Gasteiger partial charge in [0.1, 0.15) is 5.82 Å². The van der Waals surface area contributed by atoms with Crippen LogP contribution >= 0.6 is 11.6 Å². The number of carbonyl (C=O) groups is 2. The maximum Gasteiger partial charge on any atom is 0.338 e. The van der Waals surface area contributed by atoms with Gasteiger partial charge in [0.05, 0.1) is 23.8 Å². The average Bonchev–Trinajstić information content (AvgIpc) is 2.68. The number of benzene rings is 2. The first-order valence-electron chi connectivity index (χ1n) is 8.72. The summed E-state index contributed by atoms with van der Waals surface area (Å²) in [6.07, 6.45) is 0. The summed E-state index contributed by atoms with van der Waals surface area (Å²) < 4.78 is 29.0. The van der Waals surface area contributed by atoms with Crippen LogP contribution < -0.4 is 14.8 Å². The van der Waals surface area contributed by atoms with Crippen molar-refractivity contribution in [2.75, 3.05) is 19.8 Å². The van der Waals surface area contributed by atoms with Gasteiger partial charge in [-0.2, -0.15) is 0 Å². The molecule has 0 aromatic heterocycles. The number of amides is 1. The van der Waals surface area contributed by atoms with Gasteiger partial charge in [-0.15, -0.1) is 0 Å². The molecule has 0 saturated heterocycles. The van der Waals surface area contributed by atoms with Gasteiger partial charge in [-0.25, -0.2) is 9.18 Å². The van der Waals surface area contributed by atoms with Crippen LogP contribution in [-0.4, -0.2) is 31.7 Å². The largest absolute Gasteiger partial charge is 0.490 e. The van der Waals surface area contributed by atoms with E-state index in [1.54, 1.807) is 6.07 Å². The standard InChI is InChI=1S/C20H21ClFNO5/c1-3-26-17-8-6-14(10-18(17)27-4-2)20(25)28-12-19(24)23-11-13-5-7-16(22)15(21)9-13/h5-10H,3-4,11-12H2,1-2H3,(H,23,24). The van der Waals surface area contributed by atoms with Gasteiger partial charge >= 0.3 is 5.97 Å². The first-order chi connectivity index (χ1) is 13.4. The molecule has 0 spiro atoms. The Hall–Kier alpha value is -2.80. The van der Waals surface area contributed by atoms with Crippen LogP contribution in [0.2, 0.25) is 5.02 Å². The molecule has 2 aromatic carbocycles. The third-order valence-electron chi connectivity index (χ3n) is 3.59. The lowest BCUT2D eigenvalue weighted by atomic mass is 10.2. The van der Waals surface area contributed by atoms with Crippen molar-refractivity contribution in [1.82, 2.24) is 5.32 Å². The molecule has 0 aliphatic rings. The van der Waals surface area contributed by atoms with Gasteiger partial charge in [0.25, 0.3) is 5.91 Å². The van der Waals surface area contributed by atoms with Crippen molar-refractivity contribution in [3.8, 4) is 11.5 Å². The molecule has 0 atom stereocenters. The van der Waals surface area contributed by atoms with Crippen molar-refractivity contribution in [2.24, 2.45) is 0 Å². The van der Waals surface area contributed by atoms with E-state index in [-0.39, 0.29) is 17.1 Å². The van der Waals surface area contributed by atoms with Crippen LogP contribution in [0.5, 0.6) is 11.5 Å². The quantitative estimate of drug-likeness (QED) is 0.638. The highest BCUT2D eigenvalue weighted by atomic mass is 35.5. The molecule has 28 heavy (non-hydrogen) atoms. The highest BCUT2D eigenvalue weighted by molar-refractivity contribution is 6.30. The molecule has 6 nitrogen and oxygen atoms in total. The molecule has 0 heterocycles. The zero-order chi connectivity index (χ0) is 20.5. The van der Waals surface area contributed by atoms with E-state index in [0.717, 1.165) is 0 Å². The number of rotatable bonds is 9. The molecule has 0 radical (unpaired) electrons. The minimum Gasteiger partial charge on any atom is -0.490 e. The number of halogens is 2. The Bertz CT molecular complexity index is 843. The number of esters is 1. The Balaban J connectivity index is 1.89. The van der Waals surface area contributed by atoms with Crippen LogP contribution in [0, 0.1) is 5.82 Å². The van der Waals surface area contributed by atoms with Gasteiger partial charge in [0.15, 0.2) is 18.1 Å². The minimum absolute atomic E-state index is 0.0289. The Kier molecular flexibility index (Phi) is 8.07. The Morgan fingerprint density at radius 3 is 2.43 bits per heavy atom. The van der Waals surface area contributed by atoms with Crippen LogP contribution in [-0.2, 0) is 16.1 Å². The normalized spacial score (nSPS) is 10.3. The third-order valence-corrected chi connectivity index (χ3v) is 3.88. The minimum atomic E-state index is -0.663. The van der Waals surface area contributed by atoms with Crippen molar-refractivity contribution < 1.29 is 28.2 Å². The molecule has 0 aliphatic heterocycles. The van der Waals surface area contributed by atoms with Crippen LogP contribution in [0.1, 0.15) is 29.8 Å². The van der Waals surface area contributed by atoms with Gasteiger partial charge in [-0.1, -0.05) is 17.7 Å². The first-order valence-corrected chi connectivity index (χ1v) is 9.09. The second kappa shape index (κ2) is 10.5.